The molecule has 1 saturated heterocycles. The highest BCUT2D eigenvalue weighted by atomic mass is 35.5. The molecule has 1 aromatic heterocycles. The fourth-order valence-electron chi connectivity index (χ4n) is 4.75. The summed E-state index contributed by atoms with van der Waals surface area (Å²) in [5.41, 5.74) is 1.54. The Morgan fingerprint density at radius 3 is 2.76 bits per heavy atom. The average Bonchev–Trinajstić information content (AvgIpc) is 3.36. The molecule has 0 unspecified atom stereocenters. The van der Waals surface area contributed by atoms with E-state index in [0.29, 0.717) is 54.6 Å². The predicted octanol–water partition coefficient (Wildman–Crippen LogP) is 2.86. The molecule has 0 bridgehead atoms. The minimum atomic E-state index is -3.64. The molecular formula is C23H25ClN4O5S. The normalized spacial score (nSPS) is 18.4. The summed E-state index contributed by atoms with van der Waals surface area (Å²) in [5, 5.41) is 0.517. The van der Waals surface area contributed by atoms with Gasteiger partial charge in [-0.2, -0.15) is 0 Å². The highest BCUT2D eigenvalue weighted by Gasteiger charge is 2.36. The molecule has 0 spiro atoms. The van der Waals surface area contributed by atoms with Gasteiger partial charge in [-0.05, 0) is 44.0 Å². The number of ether oxygens (including phenoxy) is 1. The molecule has 3 aliphatic heterocycles. The summed E-state index contributed by atoms with van der Waals surface area (Å²) >= 11 is 5.95. The average molecular weight is 505 g/mol. The fraction of sp³-hybridized carbons (Fsp3) is 0.435. The number of rotatable bonds is 5. The molecular weight excluding hydrogens is 480 g/mol. The number of amides is 2. The van der Waals surface area contributed by atoms with Gasteiger partial charge in [-0.15, -0.1) is 0 Å². The van der Waals surface area contributed by atoms with Crippen molar-refractivity contribution in [3.8, 4) is 5.75 Å². The van der Waals surface area contributed by atoms with Crippen LogP contribution in [0.4, 0.5) is 4.79 Å². The maximum absolute atomic E-state index is 12.8. The summed E-state index contributed by atoms with van der Waals surface area (Å²) in [6.45, 7) is 3.27. The Bertz CT molecular complexity index is 1290. The molecule has 0 N–H and O–H groups in total. The Morgan fingerprint density at radius 1 is 1.26 bits per heavy atom. The van der Waals surface area contributed by atoms with E-state index in [-0.39, 0.29) is 41.7 Å². The van der Waals surface area contributed by atoms with Crippen molar-refractivity contribution in [3.05, 3.63) is 51.4 Å². The Labute approximate surface area is 202 Å². The van der Waals surface area contributed by atoms with Gasteiger partial charge in [-0.25, -0.2) is 18.2 Å². The first-order valence-electron chi connectivity index (χ1n) is 11.2. The molecule has 2 amide bonds. The first kappa shape index (κ1) is 22.9. The van der Waals surface area contributed by atoms with E-state index in [9.17, 15) is 18.0 Å². The zero-order chi connectivity index (χ0) is 24.0. The Kier molecular flexibility index (Phi) is 5.89. The second-order valence-electron chi connectivity index (χ2n) is 8.80. The lowest BCUT2D eigenvalue weighted by molar-refractivity contribution is -0.132. The maximum atomic E-state index is 12.8. The number of carbonyl (C=O) groups is 2. The zero-order valence-electron chi connectivity index (χ0n) is 18.7. The van der Waals surface area contributed by atoms with Crippen molar-refractivity contribution >= 4 is 39.5 Å². The number of fused-ring (bicyclic) bond motifs is 2. The third kappa shape index (κ3) is 4.20. The van der Waals surface area contributed by atoms with Crippen molar-refractivity contribution in [2.75, 3.05) is 25.4 Å². The predicted molar refractivity (Wildman–Crippen MR) is 126 cm³/mol. The largest absolute Gasteiger partial charge is 0.487 e. The highest BCUT2D eigenvalue weighted by molar-refractivity contribution is 7.95. The molecule has 3 aliphatic rings. The lowest BCUT2D eigenvalue weighted by Gasteiger charge is -2.36. The number of sulfone groups is 1. The number of hydrogen-bond acceptors (Lipinski definition) is 6. The van der Waals surface area contributed by atoms with E-state index in [1.54, 1.807) is 39.9 Å². The molecule has 4 heterocycles. The van der Waals surface area contributed by atoms with Crippen LogP contribution in [0.25, 0.3) is 6.08 Å². The van der Waals surface area contributed by atoms with E-state index in [0.717, 1.165) is 5.69 Å². The number of aryl methyl sites for hydroxylation is 1. The lowest BCUT2D eigenvalue weighted by atomic mass is 10.0. The standard InChI is InChI=1S/C23H25ClN4O5S/c1-15-25-12-19-13-27(23(30)28(15)19)18-4-7-26(8-5-18)22(29)6-9-34(31,32)20-10-16-2-3-17(24)11-21(16)33-14-20/h2-3,10-12,18H,4-9,13-14H2,1H3. The van der Waals surface area contributed by atoms with E-state index in [4.69, 9.17) is 16.3 Å². The van der Waals surface area contributed by atoms with Crippen LogP contribution in [0.1, 0.15) is 36.3 Å². The van der Waals surface area contributed by atoms with Crippen molar-refractivity contribution in [2.45, 2.75) is 38.8 Å². The third-order valence-corrected chi connectivity index (χ3v) is 8.70. The van der Waals surface area contributed by atoms with Crippen molar-refractivity contribution in [2.24, 2.45) is 0 Å². The van der Waals surface area contributed by atoms with Gasteiger partial charge in [0.05, 0.1) is 29.1 Å². The molecule has 0 aliphatic carbocycles. The Hall–Kier alpha value is -2.85. The topological polar surface area (TPSA) is 102 Å². The number of benzene rings is 1. The van der Waals surface area contributed by atoms with Gasteiger partial charge in [-0.3, -0.25) is 9.36 Å². The number of likely N-dealkylation sites (tertiary alicyclic amines) is 1. The number of carbonyl (C=O) groups excluding carboxylic acids is 2. The smallest absolute Gasteiger partial charge is 0.330 e. The van der Waals surface area contributed by atoms with E-state index in [2.05, 4.69) is 4.98 Å². The first-order chi connectivity index (χ1) is 16.2. The van der Waals surface area contributed by atoms with Crippen molar-refractivity contribution in [1.82, 2.24) is 19.4 Å². The van der Waals surface area contributed by atoms with Crippen LogP contribution >= 0.6 is 11.6 Å². The second-order valence-corrected chi connectivity index (χ2v) is 11.4. The number of piperidine rings is 1. The van der Waals surface area contributed by atoms with Gasteiger partial charge in [-0.1, -0.05) is 11.6 Å². The minimum absolute atomic E-state index is 0.0534. The monoisotopic (exact) mass is 504 g/mol. The third-order valence-electron chi connectivity index (χ3n) is 6.68. The summed E-state index contributed by atoms with van der Waals surface area (Å²) in [7, 11) is -3.64. The summed E-state index contributed by atoms with van der Waals surface area (Å²) in [6.07, 6.45) is 4.56. The van der Waals surface area contributed by atoms with Gasteiger partial charge in [0.1, 0.15) is 18.2 Å². The maximum Gasteiger partial charge on any atom is 0.330 e. The SMILES string of the molecule is Cc1ncc2n1C(=O)N(C1CCN(C(=O)CCS(=O)(=O)C3=Cc4ccc(Cl)cc4OC3)CC1)C2. The van der Waals surface area contributed by atoms with Gasteiger partial charge in [0.15, 0.2) is 9.84 Å². The number of aromatic nitrogens is 2. The fourth-order valence-corrected chi connectivity index (χ4v) is 6.17. The molecule has 0 saturated carbocycles. The van der Waals surface area contributed by atoms with Gasteiger partial charge in [0.2, 0.25) is 5.91 Å². The van der Waals surface area contributed by atoms with Crippen molar-refractivity contribution in [3.63, 3.8) is 0 Å². The number of halogens is 1. The Morgan fingerprint density at radius 2 is 2.03 bits per heavy atom. The van der Waals surface area contributed by atoms with Crippen LogP contribution in [0.15, 0.2) is 29.3 Å². The summed E-state index contributed by atoms with van der Waals surface area (Å²) in [6, 6.07) is 5.02. The van der Waals surface area contributed by atoms with Crippen molar-refractivity contribution in [1.29, 1.82) is 0 Å². The molecule has 34 heavy (non-hydrogen) atoms. The van der Waals surface area contributed by atoms with E-state index in [1.165, 1.54) is 0 Å². The molecule has 1 fully saturated rings. The molecule has 9 nitrogen and oxygen atoms in total. The van der Waals surface area contributed by atoms with Crippen LogP contribution in [0, 0.1) is 6.92 Å². The highest BCUT2D eigenvalue weighted by Crippen LogP contribution is 2.31. The summed E-state index contributed by atoms with van der Waals surface area (Å²) in [4.78, 5) is 33.4. The molecule has 11 heteroatoms. The van der Waals surface area contributed by atoms with Crippen LogP contribution in [0.2, 0.25) is 5.02 Å². The van der Waals surface area contributed by atoms with Gasteiger partial charge in [0, 0.05) is 36.1 Å². The second kappa shape index (κ2) is 8.74. The molecule has 1 aromatic carbocycles. The van der Waals surface area contributed by atoms with Gasteiger partial charge in [0.25, 0.3) is 0 Å². The molecule has 180 valence electrons. The molecule has 0 atom stereocenters. The Balaban J connectivity index is 1.15. The number of nitrogens with zero attached hydrogens (tertiary/aromatic N) is 4. The van der Waals surface area contributed by atoms with Crippen LogP contribution in [-0.2, 0) is 21.2 Å². The van der Waals surface area contributed by atoms with Crippen LogP contribution in [0.3, 0.4) is 0 Å². The zero-order valence-corrected chi connectivity index (χ0v) is 20.3. The first-order valence-corrected chi connectivity index (χ1v) is 13.2. The van der Waals surface area contributed by atoms with Gasteiger partial charge < -0.3 is 14.5 Å². The minimum Gasteiger partial charge on any atom is -0.487 e. The molecule has 5 rings (SSSR count). The number of hydrogen-bond donors (Lipinski definition) is 0. The van der Waals surface area contributed by atoms with Crippen LogP contribution in [0.5, 0.6) is 5.75 Å². The summed E-state index contributed by atoms with van der Waals surface area (Å²) < 4.78 is 32.8. The molecule has 0 radical (unpaired) electrons. The lowest BCUT2D eigenvalue weighted by Crippen LogP contribution is -2.47. The van der Waals surface area contributed by atoms with Crippen LogP contribution in [-0.4, -0.2) is 71.2 Å². The van der Waals surface area contributed by atoms with E-state index < -0.39 is 9.84 Å². The van der Waals surface area contributed by atoms with Gasteiger partial charge >= 0.3 is 6.03 Å². The number of imidazole rings is 1. The summed E-state index contributed by atoms with van der Waals surface area (Å²) in [5.74, 6) is 0.768. The van der Waals surface area contributed by atoms with E-state index >= 15 is 0 Å². The quantitative estimate of drug-likeness (QED) is 0.620. The van der Waals surface area contributed by atoms with Crippen molar-refractivity contribution < 1.29 is 22.7 Å². The van der Waals surface area contributed by atoms with E-state index in [1.807, 2.05) is 11.8 Å². The van der Waals surface area contributed by atoms with Crippen LogP contribution < -0.4 is 4.74 Å². The molecule has 2 aromatic rings.